The van der Waals surface area contributed by atoms with Crippen LogP contribution in [0.3, 0.4) is 0 Å². The molecule has 5 nitrogen and oxygen atoms in total. The van der Waals surface area contributed by atoms with Gasteiger partial charge in [0.25, 0.3) is 0 Å². The average Bonchev–Trinajstić information content (AvgIpc) is 2.45. The van der Waals surface area contributed by atoms with Gasteiger partial charge in [0.2, 0.25) is 0 Å². The number of halogens is 1. The van der Waals surface area contributed by atoms with Crippen LogP contribution in [-0.4, -0.2) is 31.8 Å². The number of hydrogen-bond acceptors (Lipinski definition) is 5. The third kappa shape index (κ3) is 4.72. The largest absolute Gasteiger partial charge is 0.465 e. The summed E-state index contributed by atoms with van der Waals surface area (Å²) in [6.45, 7) is 1.42. The lowest BCUT2D eigenvalue weighted by molar-refractivity contribution is -0.169. The van der Waals surface area contributed by atoms with E-state index >= 15 is 0 Å². The second-order valence-corrected chi connectivity index (χ2v) is 5.00. The maximum atomic E-state index is 5.67. The van der Waals surface area contributed by atoms with Crippen LogP contribution in [0.4, 0.5) is 0 Å². The first kappa shape index (κ1) is 14.7. The second-order valence-electron chi connectivity index (χ2n) is 4.25. The SMILES string of the molecule is COCOc1ccc(COC2CCCCO2)nc1Br. The summed E-state index contributed by atoms with van der Waals surface area (Å²) in [7, 11) is 1.58. The van der Waals surface area contributed by atoms with E-state index in [1.165, 1.54) is 0 Å². The van der Waals surface area contributed by atoms with Gasteiger partial charge in [-0.3, -0.25) is 0 Å². The molecule has 0 spiro atoms. The Kier molecular flexibility index (Phi) is 6.03. The summed E-state index contributed by atoms with van der Waals surface area (Å²) < 4.78 is 22.0. The van der Waals surface area contributed by atoms with Crippen LogP contribution in [0, 0.1) is 0 Å². The molecule has 6 heteroatoms. The molecule has 2 heterocycles. The minimum Gasteiger partial charge on any atom is -0.465 e. The standard InChI is InChI=1S/C13H18BrNO4/c1-16-9-19-11-6-5-10(15-13(11)14)8-18-12-4-2-3-7-17-12/h5-6,12H,2-4,7-9H2,1H3. The van der Waals surface area contributed by atoms with E-state index in [0.717, 1.165) is 31.6 Å². The van der Waals surface area contributed by atoms with Crippen LogP contribution in [0.25, 0.3) is 0 Å². The summed E-state index contributed by atoms with van der Waals surface area (Å²) >= 11 is 3.36. The molecule has 1 fully saturated rings. The van der Waals surface area contributed by atoms with E-state index in [9.17, 15) is 0 Å². The first-order valence-electron chi connectivity index (χ1n) is 6.30. The van der Waals surface area contributed by atoms with Gasteiger partial charge in [-0.25, -0.2) is 4.98 Å². The molecule has 0 radical (unpaired) electrons. The van der Waals surface area contributed by atoms with Gasteiger partial charge < -0.3 is 18.9 Å². The lowest BCUT2D eigenvalue weighted by Crippen LogP contribution is -2.22. The summed E-state index contributed by atoms with van der Waals surface area (Å²) in [5.74, 6) is 0.652. The summed E-state index contributed by atoms with van der Waals surface area (Å²) in [6, 6.07) is 3.72. The highest BCUT2D eigenvalue weighted by molar-refractivity contribution is 9.10. The Morgan fingerprint density at radius 2 is 2.32 bits per heavy atom. The van der Waals surface area contributed by atoms with Gasteiger partial charge in [0.05, 0.1) is 12.3 Å². The maximum absolute atomic E-state index is 5.67. The van der Waals surface area contributed by atoms with Crippen LogP contribution < -0.4 is 4.74 Å². The molecule has 0 N–H and O–H groups in total. The molecule has 106 valence electrons. The molecular weight excluding hydrogens is 314 g/mol. The fourth-order valence-corrected chi connectivity index (χ4v) is 2.26. The normalized spacial score (nSPS) is 19.4. The van der Waals surface area contributed by atoms with Gasteiger partial charge in [0.1, 0.15) is 4.60 Å². The lowest BCUT2D eigenvalue weighted by atomic mass is 10.2. The minimum absolute atomic E-state index is 0.0984. The molecule has 0 aliphatic carbocycles. The lowest BCUT2D eigenvalue weighted by Gasteiger charge is -2.22. The zero-order chi connectivity index (χ0) is 13.5. The molecule has 1 unspecified atom stereocenters. The van der Waals surface area contributed by atoms with Crippen molar-refractivity contribution >= 4 is 15.9 Å². The number of hydrogen-bond donors (Lipinski definition) is 0. The Bertz CT molecular complexity index is 396. The third-order valence-electron chi connectivity index (χ3n) is 2.76. The van der Waals surface area contributed by atoms with Crippen LogP contribution >= 0.6 is 15.9 Å². The molecule has 19 heavy (non-hydrogen) atoms. The first-order valence-corrected chi connectivity index (χ1v) is 7.09. The minimum atomic E-state index is -0.0984. The predicted molar refractivity (Wildman–Crippen MR) is 72.8 cm³/mol. The highest BCUT2D eigenvalue weighted by atomic mass is 79.9. The summed E-state index contributed by atoms with van der Waals surface area (Å²) in [5.41, 5.74) is 0.839. The van der Waals surface area contributed by atoms with Crippen molar-refractivity contribution in [2.24, 2.45) is 0 Å². The van der Waals surface area contributed by atoms with E-state index in [2.05, 4.69) is 20.9 Å². The van der Waals surface area contributed by atoms with E-state index < -0.39 is 0 Å². The van der Waals surface area contributed by atoms with Crippen molar-refractivity contribution < 1.29 is 18.9 Å². The van der Waals surface area contributed by atoms with Crippen LogP contribution in [0.15, 0.2) is 16.7 Å². The Labute approximate surface area is 121 Å². The molecule has 1 saturated heterocycles. The topological polar surface area (TPSA) is 49.8 Å². The summed E-state index contributed by atoms with van der Waals surface area (Å²) in [6.07, 6.45) is 3.13. The Balaban J connectivity index is 1.84. The smallest absolute Gasteiger partial charge is 0.188 e. The van der Waals surface area contributed by atoms with Crippen molar-refractivity contribution in [3.63, 3.8) is 0 Å². The molecular formula is C13H18BrNO4. The van der Waals surface area contributed by atoms with Crippen molar-refractivity contribution in [2.45, 2.75) is 32.2 Å². The zero-order valence-electron chi connectivity index (χ0n) is 10.9. The summed E-state index contributed by atoms with van der Waals surface area (Å²) in [4.78, 5) is 4.37. The first-order chi connectivity index (χ1) is 9.29. The Morgan fingerprint density at radius 3 is 3.00 bits per heavy atom. The molecule has 0 saturated carbocycles. The summed E-state index contributed by atoms with van der Waals surface area (Å²) in [5, 5.41) is 0. The van der Waals surface area contributed by atoms with Crippen LogP contribution in [0.1, 0.15) is 25.0 Å². The zero-order valence-corrected chi connectivity index (χ0v) is 12.5. The van der Waals surface area contributed by atoms with Crippen molar-refractivity contribution in [3.8, 4) is 5.75 Å². The van der Waals surface area contributed by atoms with Crippen molar-refractivity contribution in [1.29, 1.82) is 0 Å². The Morgan fingerprint density at radius 1 is 1.42 bits per heavy atom. The van der Waals surface area contributed by atoms with Crippen molar-refractivity contribution in [1.82, 2.24) is 4.98 Å². The van der Waals surface area contributed by atoms with Gasteiger partial charge in [0.15, 0.2) is 18.8 Å². The molecule has 1 atom stereocenters. The van der Waals surface area contributed by atoms with E-state index in [-0.39, 0.29) is 13.1 Å². The van der Waals surface area contributed by atoms with Crippen molar-refractivity contribution in [2.75, 3.05) is 20.5 Å². The molecule has 2 rings (SSSR count). The number of pyridine rings is 1. The van der Waals surface area contributed by atoms with Gasteiger partial charge in [0, 0.05) is 13.7 Å². The molecule has 0 bridgehead atoms. The fraction of sp³-hybridized carbons (Fsp3) is 0.615. The molecule has 1 aromatic heterocycles. The van der Waals surface area contributed by atoms with Crippen LogP contribution in [0.5, 0.6) is 5.75 Å². The van der Waals surface area contributed by atoms with Crippen LogP contribution in [0.2, 0.25) is 0 Å². The molecule has 1 aromatic rings. The molecule has 1 aliphatic heterocycles. The van der Waals surface area contributed by atoms with E-state index in [0.29, 0.717) is 17.0 Å². The third-order valence-corrected chi connectivity index (χ3v) is 3.33. The fourth-order valence-electron chi connectivity index (χ4n) is 1.79. The van der Waals surface area contributed by atoms with E-state index in [1.54, 1.807) is 7.11 Å². The number of aromatic nitrogens is 1. The highest BCUT2D eigenvalue weighted by Crippen LogP contribution is 2.23. The van der Waals surface area contributed by atoms with Gasteiger partial charge in [-0.2, -0.15) is 0 Å². The average molecular weight is 332 g/mol. The van der Waals surface area contributed by atoms with Crippen LogP contribution in [-0.2, 0) is 20.8 Å². The number of nitrogens with zero attached hydrogens (tertiary/aromatic N) is 1. The Hall–Kier alpha value is -0.690. The van der Waals surface area contributed by atoms with E-state index in [4.69, 9.17) is 18.9 Å². The monoisotopic (exact) mass is 331 g/mol. The van der Waals surface area contributed by atoms with Gasteiger partial charge >= 0.3 is 0 Å². The second kappa shape index (κ2) is 7.79. The number of ether oxygens (including phenoxy) is 4. The maximum Gasteiger partial charge on any atom is 0.188 e. The molecule has 1 aliphatic rings. The van der Waals surface area contributed by atoms with Gasteiger partial charge in [-0.1, -0.05) is 0 Å². The predicted octanol–water partition coefficient (Wildman–Crippen LogP) is 2.87. The number of methoxy groups -OCH3 is 1. The quantitative estimate of drug-likeness (QED) is 0.592. The van der Waals surface area contributed by atoms with Gasteiger partial charge in [-0.05, 0) is 47.3 Å². The van der Waals surface area contributed by atoms with E-state index in [1.807, 2.05) is 12.1 Å². The van der Waals surface area contributed by atoms with Crippen molar-refractivity contribution in [3.05, 3.63) is 22.4 Å². The van der Waals surface area contributed by atoms with Gasteiger partial charge in [-0.15, -0.1) is 0 Å². The molecule has 0 amide bonds. The highest BCUT2D eigenvalue weighted by Gasteiger charge is 2.14. The number of rotatable bonds is 6. The molecule has 0 aromatic carbocycles.